The first-order chi connectivity index (χ1) is 9.26. The summed E-state index contributed by atoms with van der Waals surface area (Å²) in [5, 5.41) is 10.1. The lowest BCUT2D eigenvalue weighted by atomic mass is 10.1. The maximum atomic E-state index is 9.25. The number of benzene rings is 1. The highest BCUT2D eigenvalue weighted by Crippen LogP contribution is 2.24. The van der Waals surface area contributed by atoms with Crippen LogP contribution in [0.4, 0.5) is 0 Å². The summed E-state index contributed by atoms with van der Waals surface area (Å²) in [6, 6.07) is 8.29. The Labute approximate surface area is 117 Å². The molecule has 4 heteroatoms. The normalized spacial score (nSPS) is 10.4. The topological polar surface area (TPSA) is 38.0 Å². The van der Waals surface area contributed by atoms with Crippen LogP contribution in [0.5, 0.6) is 0 Å². The molecule has 0 bridgehead atoms. The number of imidazole rings is 1. The van der Waals surface area contributed by atoms with Gasteiger partial charge in [-0.05, 0) is 18.1 Å². The zero-order chi connectivity index (χ0) is 13.7. The van der Waals surface area contributed by atoms with Gasteiger partial charge >= 0.3 is 0 Å². The van der Waals surface area contributed by atoms with E-state index in [1.165, 1.54) is 11.1 Å². The lowest BCUT2D eigenvalue weighted by Gasteiger charge is -2.08. The summed E-state index contributed by atoms with van der Waals surface area (Å²) >= 11 is 1.64. The van der Waals surface area contributed by atoms with E-state index in [1.807, 2.05) is 16.7 Å². The number of hydrogen-bond donors (Lipinski definition) is 1. The van der Waals surface area contributed by atoms with Crippen LogP contribution in [-0.2, 0) is 18.9 Å². The monoisotopic (exact) mass is 272 g/mol. The third-order valence-electron chi connectivity index (χ3n) is 2.93. The van der Waals surface area contributed by atoms with E-state index < -0.39 is 0 Å². The van der Waals surface area contributed by atoms with Gasteiger partial charge in [0.05, 0.1) is 25.0 Å². The Balaban J connectivity index is 2.14. The molecule has 0 saturated heterocycles. The lowest BCUT2D eigenvalue weighted by molar-refractivity contribution is 0.270. The average Bonchev–Trinajstić information content (AvgIpc) is 2.81. The fraction of sp³-hybridized carbons (Fsp3) is 0.267. The van der Waals surface area contributed by atoms with Crippen LogP contribution in [0, 0.1) is 19.3 Å². The first kappa shape index (κ1) is 13.7. The number of aromatic nitrogens is 2. The fourth-order valence-electron chi connectivity index (χ4n) is 1.81. The molecule has 1 aromatic heterocycles. The molecule has 0 saturated carbocycles. The predicted molar refractivity (Wildman–Crippen MR) is 77.7 cm³/mol. The van der Waals surface area contributed by atoms with Gasteiger partial charge in [0.15, 0.2) is 5.16 Å². The first-order valence-electron chi connectivity index (χ1n) is 6.02. The Morgan fingerprint density at radius 1 is 1.42 bits per heavy atom. The Morgan fingerprint density at radius 3 is 2.89 bits per heavy atom. The molecule has 3 nitrogen and oxygen atoms in total. The molecule has 1 heterocycles. The Kier molecular flexibility index (Phi) is 4.67. The van der Waals surface area contributed by atoms with Crippen LogP contribution in [0.2, 0.25) is 0 Å². The van der Waals surface area contributed by atoms with Crippen molar-refractivity contribution in [2.75, 3.05) is 0 Å². The molecular formula is C15H16N2OS. The van der Waals surface area contributed by atoms with Crippen LogP contribution in [0.15, 0.2) is 35.6 Å². The van der Waals surface area contributed by atoms with Crippen molar-refractivity contribution in [3.05, 3.63) is 47.3 Å². The highest BCUT2D eigenvalue weighted by Gasteiger charge is 2.09. The maximum Gasteiger partial charge on any atom is 0.169 e. The van der Waals surface area contributed by atoms with E-state index in [0.29, 0.717) is 6.54 Å². The minimum absolute atomic E-state index is 0.0421. The van der Waals surface area contributed by atoms with Gasteiger partial charge in [-0.15, -0.1) is 6.42 Å². The minimum atomic E-state index is -0.0421. The summed E-state index contributed by atoms with van der Waals surface area (Å²) in [7, 11) is 0. The molecule has 19 heavy (non-hydrogen) atoms. The zero-order valence-electron chi connectivity index (χ0n) is 10.8. The fourth-order valence-corrected chi connectivity index (χ4v) is 2.88. The smallest absolute Gasteiger partial charge is 0.169 e. The number of aliphatic hydroxyl groups is 1. The summed E-state index contributed by atoms with van der Waals surface area (Å²) in [5.74, 6) is 3.44. The number of terminal acetylenes is 1. The molecule has 0 radical (unpaired) electrons. The van der Waals surface area contributed by atoms with Crippen molar-refractivity contribution in [3.8, 4) is 12.3 Å². The van der Waals surface area contributed by atoms with Gasteiger partial charge < -0.3 is 9.67 Å². The third-order valence-corrected chi connectivity index (χ3v) is 3.97. The van der Waals surface area contributed by atoms with Gasteiger partial charge in [0.25, 0.3) is 0 Å². The van der Waals surface area contributed by atoms with Crippen molar-refractivity contribution in [1.29, 1.82) is 0 Å². The second kappa shape index (κ2) is 6.46. The molecule has 0 amide bonds. The van der Waals surface area contributed by atoms with Gasteiger partial charge in [-0.2, -0.15) is 0 Å². The highest BCUT2D eigenvalue weighted by molar-refractivity contribution is 7.98. The minimum Gasteiger partial charge on any atom is -0.390 e. The number of aliphatic hydroxyl groups excluding tert-OH is 1. The molecule has 0 aliphatic heterocycles. The van der Waals surface area contributed by atoms with Crippen LogP contribution in [0.1, 0.15) is 16.8 Å². The van der Waals surface area contributed by atoms with Gasteiger partial charge in [-0.25, -0.2) is 4.98 Å². The van der Waals surface area contributed by atoms with Crippen molar-refractivity contribution in [1.82, 2.24) is 9.55 Å². The summed E-state index contributed by atoms with van der Waals surface area (Å²) in [6.45, 7) is 2.49. The van der Waals surface area contributed by atoms with Crippen LogP contribution < -0.4 is 0 Å². The molecule has 1 aromatic carbocycles. The third kappa shape index (κ3) is 3.19. The van der Waals surface area contributed by atoms with Gasteiger partial charge in [0.1, 0.15) is 0 Å². The van der Waals surface area contributed by atoms with E-state index in [2.05, 4.69) is 30.0 Å². The SMILES string of the molecule is C#CCn1c(CO)cnc1SCc1ccccc1C. The molecule has 0 unspecified atom stereocenters. The molecule has 1 N–H and O–H groups in total. The van der Waals surface area contributed by atoms with E-state index >= 15 is 0 Å². The Hall–Kier alpha value is -1.70. The second-order valence-electron chi connectivity index (χ2n) is 4.20. The lowest BCUT2D eigenvalue weighted by Crippen LogP contribution is -2.03. The van der Waals surface area contributed by atoms with E-state index in [4.69, 9.17) is 6.42 Å². The number of rotatable bonds is 5. The van der Waals surface area contributed by atoms with E-state index in [9.17, 15) is 5.11 Å². The summed E-state index contributed by atoms with van der Waals surface area (Å²) in [6.07, 6.45) is 7.03. The van der Waals surface area contributed by atoms with Crippen LogP contribution in [0.3, 0.4) is 0 Å². The van der Waals surface area contributed by atoms with Crippen LogP contribution >= 0.6 is 11.8 Å². The number of nitrogens with zero attached hydrogens (tertiary/aromatic N) is 2. The Bertz CT molecular complexity index is 598. The number of aryl methyl sites for hydroxylation is 1. The first-order valence-corrected chi connectivity index (χ1v) is 7.01. The Morgan fingerprint density at radius 2 is 2.21 bits per heavy atom. The molecular weight excluding hydrogens is 256 g/mol. The van der Waals surface area contributed by atoms with Crippen LogP contribution in [-0.4, -0.2) is 14.7 Å². The van der Waals surface area contributed by atoms with E-state index in [0.717, 1.165) is 16.6 Å². The molecule has 0 spiro atoms. The molecule has 2 rings (SSSR count). The van der Waals surface area contributed by atoms with Gasteiger partial charge in [-0.3, -0.25) is 0 Å². The molecule has 98 valence electrons. The largest absolute Gasteiger partial charge is 0.390 e. The molecule has 0 fully saturated rings. The van der Waals surface area contributed by atoms with Crippen molar-refractivity contribution in [2.45, 2.75) is 31.0 Å². The second-order valence-corrected chi connectivity index (χ2v) is 5.14. The van der Waals surface area contributed by atoms with Crippen molar-refractivity contribution >= 4 is 11.8 Å². The standard InChI is InChI=1S/C15H16N2OS/c1-3-8-17-14(10-18)9-16-15(17)19-11-13-7-5-4-6-12(13)2/h1,4-7,9,18H,8,10-11H2,2H3. The maximum absolute atomic E-state index is 9.25. The van der Waals surface area contributed by atoms with Crippen molar-refractivity contribution < 1.29 is 5.11 Å². The molecule has 0 aliphatic carbocycles. The predicted octanol–water partition coefficient (Wildman–Crippen LogP) is 2.61. The van der Waals surface area contributed by atoms with Crippen molar-refractivity contribution in [2.24, 2.45) is 0 Å². The summed E-state index contributed by atoms with van der Waals surface area (Å²) < 4.78 is 1.88. The van der Waals surface area contributed by atoms with Gasteiger partial charge in [0.2, 0.25) is 0 Å². The summed E-state index contributed by atoms with van der Waals surface area (Å²) in [4.78, 5) is 4.32. The molecule has 0 aliphatic rings. The average molecular weight is 272 g/mol. The summed E-state index contributed by atoms with van der Waals surface area (Å²) in [5.41, 5.74) is 3.31. The van der Waals surface area contributed by atoms with Crippen molar-refractivity contribution in [3.63, 3.8) is 0 Å². The van der Waals surface area contributed by atoms with Gasteiger partial charge in [0, 0.05) is 5.75 Å². The highest BCUT2D eigenvalue weighted by atomic mass is 32.2. The number of hydrogen-bond acceptors (Lipinski definition) is 3. The molecule has 2 aromatic rings. The van der Waals surface area contributed by atoms with E-state index in [-0.39, 0.29) is 6.61 Å². The zero-order valence-corrected chi connectivity index (χ0v) is 11.7. The molecule has 0 atom stereocenters. The van der Waals surface area contributed by atoms with Gasteiger partial charge in [-0.1, -0.05) is 41.9 Å². The van der Waals surface area contributed by atoms with E-state index in [1.54, 1.807) is 18.0 Å². The van der Waals surface area contributed by atoms with Crippen LogP contribution in [0.25, 0.3) is 0 Å². The quantitative estimate of drug-likeness (QED) is 0.671. The number of thioether (sulfide) groups is 1.